The van der Waals surface area contributed by atoms with Gasteiger partial charge in [0.2, 0.25) is 0 Å². The molecule has 0 bridgehead atoms. The minimum atomic E-state index is 0.0190. The van der Waals surface area contributed by atoms with Gasteiger partial charge in [0.05, 0.1) is 18.5 Å². The van der Waals surface area contributed by atoms with Gasteiger partial charge in [-0.05, 0) is 49.0 Å². The van der Waals surface area contributed by atoms with Crippen LogP contribution < -0.4 is 10.1 Å². The second-order valence-electron chi connectivity index (χ2n) is 5.19. The van der Waals surface area contributed by atoms with Crippen LogP contribution in [0.4, 0.5) is 0 Å². The van der Waals surface area contributed by atoms with E-state index in [2.05, 4.69) is 17.0 Å². The number of hydrogen-bond donors (Lipinski definition) is 2. The van der Waals surface area contributed by atoms with Crippen molar-refractivity contribution in [2.75, 3.05) is 13.7 Å². The number of para-hydroxylation sites is 1. The topological polar surface area (TPSA) is 57.1 Å². The molecule has 0 radical (unpaired) electrons. The number of halogens is 1. The van der Waals surface area contributed by atoms with E-state index in [1.54, 1.807) is 37.4 Å². The normalized spacial score (nSPS) is 10.6. The van der Waals surface area contributed by atoms with Crippen LogP contribution in [-0.2, 0) is 0 Å². The summed E-state index contributed by atoms with van der Waals surface area (Å²) in [4.78, 5) is 0. The van der Waals surface area contributed by atoms with Gasteiger partial charge in [-0.25, -0.2) is 5.01 Å². The van der Waals surface area contributed by atoms with Gasteiger partial charge in [-0.3, -0.25) is 0 Å². The Morgan fingerprint density at radius 1 is 1.35 bits per heavy atom. The average Bonchev–Trinajstić information content (AvgIpc) is 2.65. The molecule has 0 amide bonds. The van der Waals surface area contributed by atoms with E-state index in [9.17, 15) is 5.11 Å². The van der Waals surface area contributed by atoms with Gasteiger partial charge in [-0.1, -0.05) is 36.4 Å². The van der Waals surface area contributed by atoms with Gasteiger partial charge in [0, 0.05) is 17.6 Å². The molecule has 0 aliphatic carbocycles. The molecule has 2 rings (SSSR count). The zero-order chi connectivity index (χ0) is 19.1. The number of rotatable bonds is 6. The molecule has 5 nitrogen and oxygen atoms in total. The van der Waals surface area contributed by atoms with Crippen LogP contribution in [-0.4, -0.2) is 35.1 Å². The van der Waals surface area contributed by atoms with Crippen molar-refractivity contribution in [1.82, 2.24) is 10.3 Å². The lowest BCUT2D eigenvalue weighted by Crippen LogP contribution is -2.32. The molecule has 2 aromatic rings. The third-order valence-corrected chi connectivity index (χ3v) is 4.11. The molecule has 7 heteroatoms. The maximum absolute atomic E-state index is 10.3. The molecule has 0 aliphatic rings. The van der Waals surface area contributed by atoms with Crippen LogP contribution in [0.1, 0.15) is 18.1 Å². The van der Waals surface area contributed by atoms with Gasteiger partial charge >= 0.3 is 0 Å². The van der Waals surface area contributed by atoms with Crippen molar-refractivity contribution in [3.8, 4) is 11.5 Å². The van der Waals surface area contributed by atoms with Crippen molar-refractivity contribution in [2.24, 2.45) is 5.10 Å². The number of nitrogens with one attached hydrogen (secondary N) is 1. The summed E-state index contributed by atoms with van der Waals surface area (Å²) in [5.74, 6) is 0.418. The summed E-state index contributed by atoms with van der Waals surface area (Å²) in [6, 6.07) is 12.4. The smallest absolute Gasteiger partial charge is 0.194 e. The number of thiocarbonyl (C=S) groups is 1. The predicted octanol–water partition coefficient (Wildman–Crippen LogP) is 4.26. The Labute approximate surface area is 163 Å². The van der Waals surface area contributed by atoms with Crippen molar-refractivity contribution in [1.29, 1.82) is 0 Å². The number of aromatic hydroxyl groups is 1. The highest BCUT2D eigenvalue weighted by Gasteiger charge is 2.14. The molecule has 136 valence electrons. The highest BCUT2D eigenvalue weighted by atomic mass is 35.5. The summed E-state index contributed by atoms with van der Waals surface area (Å²) < 4.78 is 5.39. The van der Waals surface area contributed by atoms with Crippen molar-refractivity contribution in [2.45, 2.75) is 6.92 Å². The Hall–Kier alpha value is -2.57. The van der Waals surface area contributed by atoms with Crippen LogP contribution in [0.15, 0.2) is 54.1 Å². The van der Waals surface area contributed by atoms with Crippen molar-refractivity contribution < 1.29 is 9.84 Å². The van der Waals surface area contributed by atoms with Gasteiger partial charge in [0.15, 0.2) is 16.6 Å². The van der Waals surface area contributed by atoms with E-state index in [0.717, 1.165) is 5.56 Å². The number of phenolic OH excluding ortho intramolecular Hbond substituents is 1. The molecule has 0 unspecified atom stereocenters. The Morgan fingerprint density at radius 2 is 2.04 bits per heavy atom. The van der Waals surface area contributed by atoms with E-state index >= 15 is 0 Å². The minimum absolute atomic E-state index is 0.0190. The lowest BCUT2D eigenvalue weighted by atomic mass is 10.2. The van der Waals surface area contributed by atoms with Gasteiger partial charge in [-0.15, -0.1) is 0 Å². The highest BCUT2D eigenvalue weighted by molar-refractivity contribution is 7.80. The van der Waals surface area contributed by atoms with E-state index in [0.29, 0.717) is 33.8 Å². The molecule has 0 saturated carbocycles. The van der Waals surface area contributed by atoms with Gasteiger partial charge < -0.3 is 15.2 Å². The molecule has 0 fully saturated rings. The van der Waals surface area contributed by atoms with Crippen molar-refractivity contribution >= 4 is 40.8 Å². The molecule has 2 aromatic carbocycles. The summed E-state index contributed by atoms with van der Waals surface area (Å²) in [5.41, 5.74) is 1.89. The fraction of sp³-hybridized carbons (Fsp3) is 0.158. The minimum Gasteiger partial charge on any atom is -0.504 e. The zero-order valence-electron chi connectivity index (χ0n) is 14.6. The average molecular weight is 390 g/mol. The first-order chi connectivity index (χ1) is 12.5. The number of ether oxygens (including phenoxy) is 1. The van der Waals surface area contributed by atoms with Crippen LogP contribution in [0.25, 0.3) is 5.70 Å². The highest BCUT2D eigenvalue weighted by Crippen LogP contribution is 2.29. The van der Waals surface area contributed by atoms with Gasteiger partial charge in [-0.2, -0.15) is 5.10 Å². The summed E-state index contributed by atoms with van der Waals surface area (Å²) in [6.45, 7) is 6.37. The fourth-order valence-corrected chi connectivity index (χ4v) is 2.43. The standard InChI is InChI=1S/C19H20ClN3O2S/c1-4-25-17-7-5-6-15(18(17)24)12-22-23(19(26)21-3)13(2)14-8-10-16(20)11-9-14/h5-12,24H,2,4H2,1,3H3,(H,21,26)/b22-12+. The fourth-order valence-electron chi connectivity index (χ4n) is 2.15. The molecule has 0 spiro atoms. The second-order valence-corrected chi connectivity index (χ2v) is 6.02. The van der Waals surface area contributed by atoms with Crippen LogP contribution in [0, 0.1) is 0 Å². The van der Waals surface area contributed by atoms with Crippen molar-refractivity contribution in [3.05, 3.63) is 65.2 Å². The number of nitrogens with zero attached hydrogens (tertiary/aromatic N) is 2. The third kappa shape index (κ3) is 4.74. The van der Waals surface area contributed by atoms with Gasteiger partial charge in [0.1, 0.15) is 0 Å². The lowest BCUT2D eigenvalue weighted by molar-refractivity contribution is 0.318. The van der Waals surface area contributed by atoms with E-state index < -0.39 is 0 Å². The molecule has 0 saturated heterocycles. The van der Waals surface area contributed by atoms with Crippen molar-refractivity contribution in [3.63, 3.8) is 0 Å². The Morgan fingerprint density at radius 3 is 2.65 bits per heavy atom. The molecular weight excluding hydrogens is 370 g/mol. The molecule has 26 heavy (non-hydrogen) atoms. The maximum Gasteiger partial charge on any atom is 0.194 e. The number of phenols is 1. The Balaban J connectivity index is 2.32. The molecule has 0 aromatic heterocycles. The zero-order valence-corrected chi connectivity index (χ0v) is 16.1. The summed E-state index contributed by atoms with van der Waals surface area (Å²) >= 11 is 11.3. The largest absolute Gasteiger partial charge is 0.504 e. The molecule has 2 N–H and O–H groups in total. The number of benzene rings is 2. The lowest BCUT2D eigenvalue weighted by Gasteiger charge is -2.21. The first kappa shape index (κ1) is 19.8. The molecular formula is C19H20ClN3O2S. The summed E-state index contributed by atoms with van der Waals surface area (Å²) in [6.07, 6.45) is 1.50. The molecule has 0 aliphatic heterocycles. The Bertz CT molecular complexity index is 822. The second kappa shape index (κ2) is 9.22. The van der Waals surface area contributed by atoms with Crippen LogP contribution >= 0.6 is 23.8 Å². The van der Waals surface area contributed by atoms with Crippen LogP contribution in [0.2, 0.25) is 5.02 Å². The quantitative estimate of drug-likeness (QED) is 0.439. The first-order valence-corrected chi connectivity index (χ1v) is 8.72. The van der Waals surface area contributed by atoms with E-state index in [-0.39, 0.29) is 5.75 Å². The maximum atomic E-state index is 10.3. The third-order valence-electron chi connectivity index (χ3n) is 3.48. The summed E-state index contributed by atoms with van der Waals surface area (Å²) in [7, 11) is 1.70. The molecule has 0 atom stereocenters. The predicted molar refractivity (Wildman–Crippen MR) is 111 cm³/mol. The van der Waals surface area contributed by atoms with Crippen LogP contribution in [0.3, 0.4) is 0 Å². The number of hydrogen-bond acceptors (Lipinski definition) is 4. The summed E-state index contributed by atoms with van der Waals surface area (Å²) in [5, 5.41) is 20.0. The Kier molecular flexibility index (Phi) is 7.00. The monoisotopic (exact) mass is 389 g/mol. The van der Waals surface area contributed by atoms with Gasteiger partial charge in [0.25, 0.3) is 0 Å². The van der Waals surface area contributed by atoms with E-state index in [1.807, 2.05) is 19.1 Å². The van der Waals surface area contributed by atoms with E-state index in [1.165, 1.54) is 11.2 Å². The van der Waals surface area contributed by atoms with Crippen LogP contribution in [0.5, 0.6) is 11.5 Å². The number of hydrazone groups is 1. The SMILES string of the molecule is C=C(c1ccc(Cl)cc1)N(/N=C/c1cccc(OCC)c1O)C(=S)NC. The first-order valence-electron chi connectivity index (χ1n) is 7.93. The molecule has 0 heterocycles. The van der Waals surface area contributed by atoms with E-state index in [4.69, 9.17) is 28.6 Å².